The third kappa shape index (κ3) is 5.93. The molecule has 3 aromatic heterocycles. The highest BCUT2D eigenvalue weighted by molar-refractivity contribution is 5.94. The van der Waals surface area contributed by atoms with Crippen LogP contribution in [0.3, 0.4) is 0 Å². The smallest absolute Gasteiger partial charge is 0.247 e. The second kappa shape index (κ2) is 10.7. The Hall–Kier alpha value is -4.42. The van der Waals surface area contributed by atoms with Crippen molar-refractivity contribution < 1.29 is 9.18 Å². The number of hydrogen-bond acceptors (Lipinski definition) is 6. The molecule has 2 atom stereocenters. The van der Waals surface area contributed by atoms with E-state index in [9.17, 15) is 9.18 Å². The Morgan fingerprint density at radius 1 is 1.09 bits per heavy atom. The van der Waals surface area contributed by atoms with Crippen LogP contribution in [0, 0.1) is 17.1 Å². The van der Waals surface area contributed by atoms with Crippen LogP contribution in [0.15, 0.2) is 73.4 Å². The van der Waals surface area contributed by atoms with Gasteiger partial charge in [0.05, 0.1) is 24.0 Å². The van der Waals surface area contributed by atoms with Gasteiger partial charge in [-0.05, 0) is 47.4 Å². The molecule has 0 aliphatic heterocycles. The lowest BCUT2D eigenvalue weighted by Gasteiger charge is -2.21. The number of rotatable bonds is 8. The second-order valence-corrected chi connectivity index (χ2v) is 8.24. The van der Waals surface area contributed by atoms with Crippen molar-refractivity contribution in [2.75, 3.05) is 11.9 Å². The minimum Gasteiger partial charge on any atom is -0.309 e. The zero-order chi connectivity index (χ0) is 24.8. The molecule has 9 heteroatoms. The summed E-state index contributed by atoms with van der Waals surface area (Å²) in [6.45, 7) is 2.44. The maximum Gasteiger partial charge on any atom is 0.247 e. The lowest BCUT2D eigenvalue weighted by atomic mass is 9.99. The van der Waals surface area contributed by atoms with Crippen molar-refractivity contribution in [2.45, 2.75) is 18.9 Å². The Morgan fingerprint density at radius 3 is 2.51 bits per heavy atom. The van der Waals surface area contributed by atoms with Gasteiger partial charge in [-0.1, -0.05) is 19.1 Å². The monoisotopic (exact) mass is 469 g/mol. The molecule has 0 fully saturated rings. The number of carbonyl (C=O) groups is 1. The minimum absolute atomic E-state index is 0.0384. The number of halogens is 1. The van der Waals surface area contributed by atoms with Crippen molar-refractivity contribution in [3.05, 3.63) is 96.0 Å². The van der Waals surface area contributed by atoms with Crippen molar-refractivity contribution in [2.24, 2.45) is 7.05 Å². The van der Waals surface area contributed by atoms with Crippen molar-refractivity contribution in [1.82, 2.24) is 25.1 Å². The van der Waals surface area contributed by atoms with Gasteiger partial charge in [0.15, 0.2) is 0 Å². The van der Waals surface area contributed by atoms with Crippen molar-refractivity contribution in [1.29, 1.82) is 5.26 Å². The normalized spacial score (nSPS) is 12.5. The standard InChI is InChI=1S/C26H24FN7O/c1-17(19-5-3-18(10-28)4-6-19)11-31-25(21-9-23(27)15-29-12-21)26(35)33-24-8-7-20(13-30-24)22-14-32-34(2)16-22/h3-9,12-17,25,31H,11H2,1-2H3,(H,30,33,35)/t17-,25?/m1/s1. The van der Waals surface area contributed by atoms with Crippen LogP contribution < -0.4 is 10.6 Å². The summed E-state index contributed by atoms with van der Waals surface area (Å²) >= 11 is 0. The van der Waals surface area contributed by atoms with E-state index < -0.39 is 11.9 Å². The fourth-order valence-electron chi connectivity index (χ4n) is 3.65. The van der Waals surface area contributed by atoms with E-state index in [-0.39, 0.29) is 11.8 Å². The van der Waals surface area contributed by atoms with Crippen LogP contribution >= 0.6 is 0 Å². The first kappa shape index (κ1) is 23.7. The van der Waals surface area contributed by atoms with Crippen LogP contribution in [0.25, 0.3) is 11.1 Å². The predicted octanol–water partition coefficient (Wildman–Crippen LogP) is 3.96. The van der Waals surface area contributed by atoms with Gasteiger partial charge < -0.3 is 10.6 Å². The van der Waals surface area contributed by atoms with Crippen LogP contribution in [0.4, 0.5) is 10.2 Å². The van der Waals surface area contributed by atoms with E-state index in [0.717, 1.165) is 22.9 Å². The Kier molecular flexibility index (Phi) is 7.24. The molecule has 0 spiro atoms. The van der Waals surface area contributed by atoms with Gasteiger partial charge >= 0.3 is 0 Å². The van der Waals surface area contributed by atoms with E-state index in [1.807, 2.05) is 38.4 Å². The number of nitrogens with zero attached hydrogens (tertiary/aromatic N) is 5. The van der Waals surface area contributed by atoms with E-state index in [4.69, 9.17) is 5.26 Å². The number of nitriles is 1. The Morgan fingerprint density at radius 2 is 1.89 bits per heavy atom. The predicted molar refractivity (Wildman–Crippen MR) is 130 cm³/mol. The molecular weight excluding hydrogens is 445 g/mol. The van der Waals surface area contributed by atoms with E-state index >= 15 is 0 Å². The molecular formula is C26H24FN7O. The molecule has 3 heterocycles. The number of anilines is 1. The average molecular weight is 470 g/mol. The molecule has 8 nitrogen and oxygen atoms in total. The first-order valence-electron chi connectivity index (χ1n) is 11.0. The van der Waals surface area contributed by atoms with Crippen LogP contribution in [-0.2, 0) is 11.8 Å². The Balaban J connectivity index is 1.48. The van der Waals surface area contributed by atoms with Gasteiger partial charge in [0.25, 0.3) is 0 Å². The number of benzene rings is 1. The quantitative estimate of drug-likeness (QED) is 0.404. The van der Waals surface area contributed by atoms with Gasteiger partial charge in [0.2, 0.25) is 5.91 Å². The van der Waals surface area contributed by atoms with Crippen molar-refractivity contribution >= 4 is 11.7 Å². The summed E-state index contributed by atoms with van der Waals surface area (Å²) < 4.78 is 15.6. The third-order valence-electron chi connectivity index (χ3n) is 5.61. The molecule has 35 heavy (non-hydrogen) atoms. The van der Waals surface area contributed by atoms with Crippen LogP contribution in [0.5, 0.6) is 0 Å². The molecule has 0 radical (unpaired) electrons. The fourth-order valence-corrected chi connectivity index (χ4v) is 3.65. The second-order valence-electron chi connectivity index (χ2n) is 8.24. The van der Waals surface area contributed by atoms with Gasteiger partial charge in [-0.3, -0.25) is 14.5 Å². The summed E-state index contributed by atoms with van der Waals surface area (Å²) in [5.41, 5.74) is 3.79. The highest BCUT2D eigenvalue weighted by Crippen LogP contribution is 2.21. The molecule has 4 aromatic rings. The molecule has 0 aliphatic rings. The summed E-state index contributed by atoms with van der Waals surface area (Å²) in [4.78, 5) is 21.4. The zero-order valence-electron chi connectivity index (χ0n) is 19.3. The van der Waals surface area contributed by atoms with Gasteiger partial charge in [0.1, 0.15) is 17.7 Å². The van der Waals surface area contributed by atoms with E-state index in [1.165, 1.54) is 12.3 Å². The number of hydrogen-bond donors (Lipinski definition) is 2. The third-order valence-corrected chi connectivity index (χ3v) is 5.61. The topological polar surface area (TPSA) is 109 Å². The van der Waals surface area contributed by atoms with E-state index in [1.54, 1.807) is 35.3 Å². The number of nitrogens with one attached hydrogen (secondary N) is 2. The van der Waals surface area contributed by atoms with Gasteiger partial charge in [0, 0.05) is 43.3 Å². The van der Waals surface area contributed by atoms with Crippen LogP contribution in [-0.4, -0.2) is 32.2 Å². The molecule has 1 amide bonds. The maximum atomic E-state index is 13.9. The Labute approximate surface area is 202 Å². The highest BCUT2D eigenvalue weighted by Gasteiger charge is 2.23. The lowest BCUT2D eigenvalue weighted by molar-refractivity contribution is -0.118. The molecule has 4 rings (SSSR count). The molecule has 0 bridgehead atoms. The molecule has 0 saturated heterocycles. The molecule has 0 aliphatic carbocycles. The minimum atomic E-state index is -0.848. The SMILES string of the molecule is C[C@H](CNC(C(=O)Nc1ccc(-c2cnn(C)c2)cn1)c1cncc(F)c1)c1ccc(C#N)cc1. The van der Waals surface area contributed by atoms with E-state index in [0.29, 0.717) is 23.5 Å². The van der Waals surface area contributed by atoms with E-state index in [2.05, 4.69) is 31.8 Å². The van der Waals surface area contributed by atoms with Crippen LogP contribution in [0.2, 0.25) is 0 Å². The Bertz CT molecular complexity index is 1340. The molecule has 1 aromatic carbocycles. The molecule has 176 valence electrons. The number of aryl methyl sites for hydroxylation is 1. The molecule has 1 unspecified atom stereocenters. The fraction of sp³-hybridized carbons (Fsp3) is 0.192. The van der Waals surface area contributed by atoms with Gasteiger partial charge in [-0.15, -0.1) is 0 Å². The number of carbonyl (C=O) groups excluding carboxylic acids is 1. The summed E-state index contributed by atoms with van der Waals surface area (Å²) in [7, 11) is 1.84. The first-order valence-corrected chi connectivity index (χ1v) is 11.0. The molecule has 0 saturated carbocycles. The van der Waals surface area contributed by atoms with Gasteiger partial charge in [-0.25, -0.2) is 9.37 Å². The highest BCUT2D eigenvalue weighted by atomic mass is 19.1. The van der Waals surface area contributed by atoms with Crippen molar-refractivity contribution in [3.63, 3.8) is 0 Å². The summed E-state index contributed by atoms with van der Waals surface area (Å²) in [5, 5.41) is 19.2. The zero-order valence-corrected chi connectivity index (χ0v) is 19.3. The van der Waals surface area contributed by atoms with Crippen LogP contribution in [0.1, 0.15) is 35.6 Å². The number of pyridine rings is 2. The van der Waals surface area contributed by atoms with Gasteiger partial charge in [-0.2, -0.15) is 10.4 Å². The maximum absolute atomic E-state index is 13.9. The largest absolute Gasteiger partial charge is 0.309 e. The number of amides is 1. The summed E-state index contributed by atoms with van der Waals surface area (Å²) in [6.07, 6.45) is 7.83. The molecule has 2 N–H and O–H groups in total. The average Bonchev–Trinajstić information content (AvgIpc) is 3.31. The first-order chi connectivity index (χ1) is 16.9. The number of aromatic nitrogens is 4. The van der Waals surface area contributed by atoms with Crippen molar-refractivity contribution in [3.8, 4) is 17.2 Å². The lowest BCUT2D eigenvalue weighted by Crippen LogP contribution is -2.35. The summed E-state index contributed by atoms with van der Waals surface area (Å²) in [6, 6.07) is 13.4. The summed E-state index contributed by atoms with van der Waals surface area (Å²) in [5.74, 6) is -0.498.